The summed E-state index contributed by atoms with van der Waals surface area (Å²) in [4.78, 5) is 40.4. The maximum Gasteiger partial charge on any atom is 0.260 e. The van der Waals surface area contributed by atoms with Gasteiger partial charge >= 0.3 is 0 Å². The number of hydrogen-bond acceptors (Lipinski definition) is 6. The summed E-state index contributed by atoms with van der Waals surface area (Å²) in [5.41, 5.74) is 3.07. The molecule has 1 amide bonds. The van der Waals surface area contributed by atoms with Crippen LogP contribution in [0.15, 0.2) is 46.6 Å². The molecule has 0 atom stereocenters. The second-order valence-corrected chi connectivity index (χ2v) is 10.6. The lowest BCUT2D eigenvalue weighted by atomic mass is 10.1. The van der Waals surface area contributed by atoms with Crippen molar-refractivity contribution >= 4 is 44.5 Å². The number of para-hydroxylation sites is 1. The Morgan fingerprint density at radius 2 is 1.97 bits per heavy atom. The van der Waals surface area contributed by atoms with Gasteiger partial charge < -0.3 is 14.8 Å². The van der Waals surface area contributed by atoms with Crippen molar-refractivity contribution in [3.05, 3.63) is 68.4 Å². The maximum absolute atomic E-state index is 13.0. The minimum absolute atomic E-state index is 0.0684. The molecule has 0 spiro atoms. The zero-order valence-corrected chi connectivity index (χ0v) is 20.4. The van der Waals surface area contributed by atoms with Gasteiger partial charge in [0.05, 0.1) is 11.8 Å². The molecule has 0 aliphatic carbocycles. The van der Waals surface area contributed by atoms with E-state index in [1.807, 2.05) is 24.6 Å². The monoisotopic (exact) mass is 478 g/mol. The smallest absolute Gasteiger partial charge is 0.260 e. The Labute approximate surface area is 200 Å². The molecule has 4 aromatic rings. The highest BCUT2D eigenvalue weighted by molar-refractivity contribution is 7.19. The van der Waals surface area contributed by atoms with Crippen LogP contribution in [-0.4, -0.2) is 40.9 Å². The van der Waals surface area contributed by atoms with Crippen molar-refractivity contribution < 1.29 is 4.79 Å². The van der Waals surface area contributed by atoms with Gasteiger partial charge in [-0.25, -0.2) is 4.98 Å². The van der Waals surface area contributed by atoms with E-state index in [9.17, 15) is 9.59 Å². The summed E-state index contributed by atoms with van der Waals surface area (Å²) < 4.78 is 0. The van der Waals surface area contributed by atoms with Crippen LogP contribution in [-0.2, 0) is 17.8 Å². The molecule has 0 bridgehead atoms. The third-order valence-corrected chi connectivity index (χ3v) is 8.00. The summed E-state index contributed by atoms with van der Waals surface area (Å²) in [6, 6.07) is 12.4. The summed E-state index contributed by atoms with van der Waals surface area (Å²) in [7, 11) is 1.81. The fourth-order valence-corrected chi connectivity index (χ4v) is 6.29. The second kappa shape index (κ2) is 9.11. The van der Waals surface area contributed by atoms with E-state index in [1.54, 1.807) is 16.2 Å². The number of thiophene rings is 2. The molecule has 33 heavy (non-hydrogen) atoms. The van der Waals surface area contributed by atoms with Gasteiger partial charge in [-0.2, -0.15) is 0 Å². The topological polar surface area (TPSA) is 69.3 Å². The first-order chi connectivity index (χ1) is 16.0. The first kappa shape index (κ1) is 21.9. The molecule has 1 fully saturated rings. The van der Waals surface area contributed by atoms with Gasteiger partial charge in [-0.1, -0.05) is 18.2 Å². The van der Waals surface area contributed by atoms with E-state index in [0.29, 0.717) is 22.6 Å². The molecule has 6 nitrogen and oxygen atoms in total. The molecule has 5 rings (SSSR count). The zero-order valence-electron chi connectivity index (χ0n) is 18.8. The molecule has 1 saturated heterocycles. The van der Waals surface area contributed by atoms with Crippen molar-refractivity contribution in [2.75, 3.05) is 25.0 Å². The van der Waals surface area contributed by atoms with Crippen LogP contribution in [0.25, 0.3) is 20.7 Å². The van der Waals surface area contributed by atoms with Crippen LogP contribution in [0.5, 0.6) is 0 Å². The molecule has 4 heterocycles. The summed E-state index contributed by atoms with van der Waals surface area (Å²) in [6.45, 7) is 4.70. The van der Waals surface area contributed by atoms with Crippen LogP contribution in [0.4, 0.5) is 5.69 Å². The predicted molar refractivity (Wildman–Crippen MR) is 136 cm³/mol. The number of nitrogens with one attached hydrogen (secondary N) is 1. The number of carbonyl (C=O) groups is 1. The first-order valence-electron chi connectivity index (χ1n) is 11.1. The Kier molecular flexibility index (Phi) is 6.03. The third kappa shape index (κ3) is 4.45. The highest BCUT2D eigenvalue weighted by atomic mass is 32.1. The molecule has 0 saturated carbocycles. The molecule has 0 unspecified atom stereocenters. The number of hydrogen-bond donors (Lipinski definition) is 1. The molecule has 3 aromatic heterocycles. The minimum atomic E-state index is -0.188. The number of H-pyrrole nitrogens is 1. The number of carbonyl (C=O) groups excluding carboxylic acids is 1. The van der Waals surface area contributed by atoms with E-state index in [0.717, 1.165) is 29.1 Å². The fourth-order valence-electron chi connectivity index (χ4n) is 4.37. The van der Waals surface area contributed by atoms with Crippen molar-refractivity contribution in [1.29, 1.82) is 0 Å². The quantitative estimate of drug-likeness (QED) is 0.431. The van der Waals surface area contributed by atoms with Gasteiger partial charge in [0, 0.05) is 53.1 Å². The number of likely N-dealkylation sites (N-methyl/N-ethyl adjacent to an activating group) is 1. The summed E-state index contributed by atoms with van der Waals surface area (Å²) in [5, 5.41) is 2.58. The van der Waals surface area contributed by atoms with Crippen molar-refractivity contribution in [3.63, 3.8) is 0 Å². The predicted octanol–water partition coefficient (Wildman–Crippen LogP) is 4.82. The number of amides is 1. The number of anilines is 1. The molecule has 0 radical (unpaired) electrons. The number of aromatic nitrogens is 2. The highest BCUT2D eigenvalue weighted by Gasteiger charge is 2.19. The molecule has 1 aliphatic heterocycles. The van der Waals surface area contributed by atoms with Gasteiger partial charge in [0.15, 0.2) is 0 Å². The third-order valence-electron chi connectivity index (χ3n) is 6.09. The number of aromatic amines is 1. The minimum Gasteiger partial charge on any atom is -0.371 e. The van der Waals surface area contributed by atoms with Crippen LogP contribution >= 0.6 is 22.7 Å². The normalized spacial score (nSPS) is 13.7. The SMILES string of the molecule is Cc1ccc(-c2csc3nc(CC(=O)N(C)Cc4ccccc4N4CCCC4)[nH]c(=O)c23)s1. The van der Waals surface area contributed by atoms with Gasteiger partial charge in [-0.05, 0) is 43.5 Å². The van der Waals surface area contributed by atoms with E-state index in [1.165, 1.54) is 34.7 Å². The summed E-state index contributed by atoms with van der Waals surface area (Å²) in [5.74, 6) is 0.340. The van der Waals surface area contributed by atoms with E-state index in [2.05, 4.69) is 46.1 Å². The van der Waals surface area contributed by atoms with Crippen molar-refractivity contribution in [1.82, 2.24) is 14.9 Å². The van der Waals surface area contributed by atoms with Crippen molar-refractivity contribution in [2.45, 2.75) is 32.7 Å². The van der Waals surface area contributed by atoms with Crippen LogP contribution in [0.3, 0.4) is 0 Å². The Balaban J connectivity index is 1.34. The number of benzene rings is 1. The van der Waals surface area contributed by atoms with E-state index in [-0.39, 0.29) is 17.9 Å². The first-order valence-corrected chi connectivity index (χ1v) is 12.8. The number of aryl methyl sites for hydroxylation is 1. The largest absolute Gasteiger partial charge is 0.371 e. The molecular weight excluding hydrogens is 452 g/mol. The molecule has 8 heteroatoms. The van der Waals surface area contributed by atoms with Gasteiger partial charge in [-0.15, -0.1) is 22.7 Å². The lowest BCUT2D eigenvalue weighted by molar-refractivity contribution is -0.129. The van der Waals surface area contributed by atoms with Crippen LogP contribution in [0.1, 0.15) is 29.1 Å². The van der Waals surface area contributed by atoms with Crippen molar-refractivity contribution in [3.8, 4) is 10.4 Å². The maximum atomic E-state index is 13.0. The van der Waals surface area contributed by atoms with Gasteiger partial charge in [0.25, 0.3) is 5.56 Å². The van der Waals surface area contributed by atoms with E-state index >= 15 is 0 Å². The second-order valence-electron chi connectivity index (χ2n) is 8.50. The summed E-state index contributed by atoms with van der Waals surface area (Å²) >= 11 is 3.11. The molecule has 1 aliphatic rings. The van der Waals surface area contributed by atoms with Crippen molar-refractivity contribution in [2.24, 2.45) is 0 Å². The molecule has 1 aromatic carbocycles. The number of rotatable bonds is 6. The van der Waals surface area contributed by atoms with Gasteiger partial charge in [0.1, 0.15) is 10.7 Å². The standard InChI is InChI=1S/C25H26N4O2S2/c1-16-9-10-20(33-16)18-15-32-25-23(18)24(31)26-21(27-25)13-22(30)28(2)14-17-7-3-4-8-19(17)29-11-5-6-12-29/h3-4,7-10,15H,5-6,11-14H2,1-2H3,(H,26,27,31). The number of nitrogens with zero attached hydrogens (tertiary/aromatic N) is 3. The van der Waals surface area contributed by atoms with Crippen LogP contribution < -0.4 is 10.5 Å². The average molecular weight is 479 g/mol. The average Bonchev–Trinajstić information content (AvgIpc) is 3.55. The van der Waals surface area contributed by atoms with Crippen LogP contribution in [0, 0.1) is 6.92 Å². The zero-order chi connectivity index (χ0) is 22.9. The Morgan fingerprint density at radius 3 is 2.73 bits per heavy atom. The Morgan fingerprint density at radius 1 is 1.18 bits per heavy atom. The lowest BCUT2D eigenvalue weighted by Crippen LogP contribution is -2.30. The summed E-state index contributed by atoms with van der Waals surface area (Å²) in [6.07, 6.45) is 2.49. The molecule has 170 valence electrons. The van der Waals surface area contributed by atoms with E-state index in [4.69, 9.17) is 0 Å². The number of fused-ring (bicyclic) bond motifs is 1. The Bertz CT molecular complexity index is 1360. The van der Waals surface area contributed by atoms with Gasteiger partial charge in [0.2, 0.25) is 5.91 Å². The Hall–Kier alpha value is -2.97. The van der Waals surface area contributed by atoms with E-state index < -0.39 is 0 Å². The highest BCUT2D eigenvalue weighted by Crippen LogP contribution is 2.35. The fraction of sp³-hybridized carbons (Fsp3) is 0.320. The molecule has 1 N–H and O–H groups in total. The van der Waals surface area contributed by atoms with Gasteiger partial charge in [-0.3, -0.25) is 9.59 Å². The lowest BCUT2D eigenvalue weighted by Gasteiger charge is -2.24. The van der Waals surface area contributed by atoms with Crippen LogP contribution in [0.2, 0.25) is 0 Å². The molecular formula is C25H26N4O2S2.